The van der Waals surface area contributed by atoms with Gasteiger partial charge in [-0.3, -0.25) is 0 Å². The van der Waals surface area contributed by atoms with E-state index >= 15 is 0 Å². The molecule has 0 radical (unpaired) electrons. The zero-order chi connectivity index (χ0) is 12.0. The van der Waals surface area contributed by atoms with Gasteiger partial charge in [0.15, 0.2) is 0 Å². The van der Waals surface area contributed by atoms with Crippen LogP contribution in [0, 0.1) is 71.0 Å². The molecule has 0 rings (SSSR count). The van der Waals surface area contributed by atoms with Gasteiger partial charge in [-0.05, 0) is 0 Å². The molecule has 0 fully saturated rings. The van der Waals surface area contributed by atoms with Crippen molar-refractivity contribution in [1.82, 2.24) is 0 Å². The molecule has 0 aromatic rings. The Morgan fingerprint density at radius 2 is 0.312 bits per heavy atom. The fourth-order valence-electron chi connectivity index (χ4n) is 0. The average molecular weight is 329 g/mol. The van der Waals surface area contributed by atoms with Crippen molar-refractivity contribution in [3.8, 4) is 0 Å². The van der Waals surface area contributed by atoms with Gasteiger partial charge in [0.25, 0.3) is 0 Å². The van der Waals surface area contributed by atoms with Crippen molar-refractivity contribution in [2.45, 2.75) is 0 Å². The first-order valence-electron chi connectivity index (χ1n) is 1.34. The molecule has 16 heavy (non-hydrogen) atoms. The van der Waals surface area contributed by atoms with Crippen LogP contribution in [0.3, 0.4) is 0 Å². The van der Waals surface area contributed by atoms with Crippen molar-refractivity contribution in [2.75, 3.05) is 0 Å². The molecule has 0 saturated carbocycles. The molecule has 0 heterocycles. The van der Waals surface area contributed by atoms with Crippen LogP contribution in [0.2, 0.25) is 0 Å². The summed E-state index contributed by atoms with van der Waals surface area (Å²) in [5.74, 6) is 0. The molecule has 0 unspecified atom stereocenters. The fraction of sp³-hybridized carbons (Fsp3) is 0. The van der Waals surface area contributed by atoms with Gasteiger partial charge in [0.1, 0.15) is 0 Å². The standard InChI is InChI=1S/6CN.Fe.3K/c6*1-2;;;;/q6*-1;+2;3*+1. The molecule has 0 spiro atoms. The fourth-order valence-corrected chi connectivity index (χ4v) is 0. The minimum atomic E-state index is 0. The first-order valence-corrected chi connectivity index (χ1v) is 1.34. The van der Waals surface area contributed by atoms with E-state index in [1.165, 1.54) is 0 Å². The molecular weight excluding hydrogens is 329 g/mol. The monoisotopic (exact) mass is 329 g/mol. The van der Waals surface area contributed by atoms with Crippen LogP contribution in [0.15, 0.2) is 0 Å². The molecule has 0 aliphatic carbocycles. The maximum Gasteiger partial charge on any atom is 2.00 e. The summed E-state index contributed by atoms with van der Waals surface area (Å²) in [5, 5.41) is 37.5. The first-order chi connectivity index (χ1) is 6.00. The molecule has 10 heteroatoms. The van der Waals surface area contributed by atoms with Crippen molar-refractivity contribution in [2.24, 2.45) is 0 Å². The molecule has 0 bridgehead atoms. The van der Waals surface area contributed by atoms with Crippen LogP contribution < -0.4 is 154 Å². The van der Waals surface area contributed by atoms with Gasteiger partial charge in [0, 0.05) is 0 Å². The molecule has 0 saturated heterocycles. The minimum absolute atomic E-state index is 0. The van der Waals surface area contributed by atoms with Crippen molar-refractivity contribution in [3.05, 3.63) is 39.4 Å². The number of hydrogen-bond donors (Lipinski definition) is 0. The summed E-state index contributed by atoms with van der Waals surface area (Å²) in [6, 6.07) is 0. The van der Waals surface area contributed by atoms with Gasteiger partial charge >= 0.3 is 171 Å². The quantitative estimate of drug-likeness (QED) is 0.319. The zero-order valence-corrected chi connectivity index (χ0v) is 19.5. The van der Waals surface area contributed by atoms with Gasteiger partial charge in [-0.1, -0.05) is 0 Å². The van der Waals surface area contributed by atoms with Crippen LogP contribution in [0.25, 0.3) is 0 Å². The van der Waals surface area contributed by atoms with Crippen LogP contribution in [0.5, 0.6) is 0 Å². The van der Waals surface area contributed by atoms with Crippen LogP contribution in [0.4, 0.5) is 0 Å². The molecule has 0 N–H and O–H groups in total. The summed E-state index contributed by atoms with van der Waals surface area (Å²) in [6.45, 7) is 28.5. The van der Waals surface area contributed by atoms with E-state index in [0.29, 0.717) is 0 Å². The molecule has 0 atom stereocenters. The summed E-state index contributed by atoms with van der Waals surface area (Å²) in [4.78, 5) is 0. The second-order valence-electron chi connectivity index (χ2n) is 0. The van der Waals surface area contributed by atoms with E-state index in [1.54, 1.807) is 0 Å². The predicted molar refractivity (Wildman–Crippen MR) is 29.8 cm³/mol. The molecule has 0 aromatic carbocycles. The van der Waals surface area contributed by atoms with Crippen molar-refractivity contribution in [1.29, 1.82) is 31.6 Å². The Balaban J connectivity index is -0.00000000321. The maximum atomic E-state index is 6.25. The van der Waals surface area contributed by atoms with Gasteiger partial charge in [-0.2, -0.15) is 0 Å². The smallest absolute Gasteiger partial charge is 0.512 e. The van der Waals surface area contributed by atoms with E-state index in [1.807, 2.05) is 0 Å². The van der Waals surface area contributed by atoms with Gasteiger partial charge < -0.3 is 71.0 Å². The van der Waals surface area contributed by atoms with E-state index in [9.17, 15) is 0 Å². The third kappa shape index (κ3) is 689. The Morgan fingerprint density at radius 1 is 0.312 bits per heavy atom. The molecule has 0 amide bonds. The normalized spacial score (nSPS) is 0.750. The molecule has 0 aliphatic heterocycles. The SMILES string of the molecule is [C-]#N.[C-]#N.[C-]#N.[C-]#N.[C-]#N.[C-]#N.[Fe+2].[K+].[K+].[K+]. The van der Waals surface area contributed by atoms with E-state index in [4.69, 9.17) is 71.0 Å². The van der Waals surface area contributed by atoms with Crippen LogP contribution in [-0.2, 0) is 17.1 Å². The largest absolute Gasteiger partial charge is 2.00 e. The van der Waals surface area contributed by atoms with Crippen LogP contribution in [0.1, 0.15) is 0 Å². The number of rotatable bonds is 0. The Labute approximate surface area is 235 Å². The summed E-state index contributed by atoms with van der Waals surface area (Å²) >= 11 is 0. The van der Waals surface area contributed by atoms with E-state index in [0.717, 1.165) is 0 Å². The van der Waals surface area contributed by atoms with Gasteiger partial charge in [0.2, 0.25) is 0 Å². The molecule has 0 aliphatic rings. The second kappa shape index (κ2) is 829. The number of nitrogens with zero attached hydrogens (tertiary/aromatic N) is 6. The molecular formula is C6FeK3N6-. The average Bonchev–Trinajstić information content (AvgIpc) is 2.33. The van der Waals surface area contributed by atoms with Crippen molar-refractivity contribution >= 4 is 0 Å². The third-order valence-electron chi connectivity index (χ3n) is 0. The zero-order valence-electron chi connectivity index (χ0n) is 9.04. The Hall–Kier alpha value is 2.37. The number of hydrogen-bond acceptors (Lipinski definition) is 6. The molecule has 6 nitrogen and oxygen atoms in total. The summed E-state index contributed by atoms with van der Waals surface area (Å²) < 4.78 is 0. The first kappa shape index (κ1) is 79.1. The van der Waals surface area contributed by atoms with Crippen molar-refractivity contribution in [3.63, 3.8) is 0 Å². The predicted octanol–water partition coefficient (Wildman–Crippen LogP) is -8.41. The second-order valence-corrected chi connectivity index (χ2v) is 0. The van der Waals surface area contributed by atoms with Gasteiger partial charge in [0.05, 0.1) is 0 Å². The Morgan fingerprint density at radius 3 is 0.312 bits per heavy atom. The van der Waals surface area contributed by atoms with E-state index in [2.05, 4.69) is 0 Å². The van der Waals surface area contributed by atoms with E-state index < -0.39 is 0 Å². The molecule has 0 aromatic heterocycles. The van der Waals surface area contributed by atoms with Crippen molar-refractivity contribution < 1.29 is 171 Å². The summed E-state index contributed by atoms with van der Waals surface area (Å²) in [7, 11) is 0. The van der Waals surface area contributed by atoms with Crippen LogP contribution in [-0.4, -0.2) is 0 Å². The van der Waals surface area contributed by atoms with E-state index in [-0.39, 0.29) is 171 Å². The Kier molecular flexibility index (Phi) is 4100. The molecule has 66 valence electrons. The Bertz CT molecular complexity index is 103. The van der Waals surface area contributed by atoms with Crippen LogP contribution >= 0.6 is 0 Å². The maximum absolute atomic E-state index is 6.25. The summed E-state index contributed by atoms with van der Waals surface area (Å²) in [6.07, 6.45) is 0. The third-order valence-corrected chi connectivity index (χ3v) is 0. The summed E-state index contributed by atoms with van der Waals surface area (Å²) in [5.41, 5.74) is 0. The van der Waals surface area contributed by atoms with Gasteiger partial charge in [-0.25, -0.2) is 0 Å². The minimum Gasteiger partial charge on any atom is -0.512 e. The topological polar surface area (TPSA) is 143 Å². The van der Waals surface area contributed by atoms with Gasteiger partial charge in [-0.15, -0.1) is 0 Å².